The number of carbonyl (C=O) groups is 1. The highest BCUT2D eigenvalue weighted by Gasteiger charge is 2.42. The molecule has 0 aliphatic heterocycles. The van der Waals surface area contributed by atoms with Gasteiger partial charge in [-0.15, -0.1) is 0 Å². The molecular weight excluding hydrogens is 216 g/mol. The first kappa shape index (κ1) is 12.1. The van der Waals surface area contributed by atoms with E-state index >= 15 is 0 Å². The van der Waals surface area contributed by atoms with Crippen molar-refractivity contribution in [2.24, 2.45) is 18.2 Å². The van der Waals surface area contributed by atoms with Gasteiger partial charge < -0.3 is 11.1 Å². The van der Waals surface area contributed by atoms with Crippen LogP contribution >= 0.6 is 0 Å². The zero-order valence-corrected chi connectivity index (χ0v) is 10.3. The van der Waals surface area contributed by atoms with Crippen LogP contribution in [0.5, 0.6) is 0 Å². The van der Waals surface area contributed by atoms with Crippen molar-refractivity contribution in [3.8, 4) is 0 Å². The quantitative estimate of drug-likeness (QED) is 0.767. The highest BCUT2D eigenvalue weighted by atomic mass is 16.2. The number of hydrogen-bond acceptors (Lipinski definition) is 3. The number of rotatable bonds is 5. The largest absolute Gasteiger partial charge is 0.355 e. The van der Waals surface area contributed by atoms with Gasteiger partial charge in [0.1, 0.15) is 0 Å². The van der Waals surface area contributed by atoms with Crippen LogP contribution in [0, 0.1) is 5.41 Å². The lowest BCUT2D eigenvalue weighted by molar-refractivity contribution is -0.135. The molecule has 0 aromatic carbocycles. The summed E-state index contributed by atoms with van der Waals surface area (Å²) in [5, 5.41) is 7.23. The van der Waals surface area contributed by atoms with E-state index in [0.717, 1.165) is 31.4 Å². The lowest BCUT2D eigenvalue weighted by Gasteiger charge is -2.39. The fourth-order valence-corrected chi connectivity index (χ4v) is 2.22. The minimum atomic E-state index is -0.274. The normalized spacial score (nSPS) is 17.5. The molecule has 1 amide bonds. The molecule has 0 bridgehead atoms. The Hall–Kier alpha value is -1.36. The van der Waals surface area contributed by atoms with Crippen LogP contribution in [0.4, 0.5) is 0 Å². The Morgan fingerprint density at radius 2 is 2.41 bits per heavy atom. The molecule has 0 unspecified atom stereocenters. The van der Waals surface area contributed by atoms with Gasteiger partial charge >= 0.3 is 0 Å². The zero-order valence-electron chi connectivity index (χ0n) is 10.3. The number of hydrogen-bond donors (Lipinski definition) is 2. The van der Waals surface area contributed by atoms with E-state index in [-0.39, 0.29) is 11.3 Å². The second kappa shape index (κ2) is 4.87. The van der Waals surface area contributed by atoms with Gasteiger partial charge in [-0.2, -0.15) is 5.10 Å². The van der Waals surface area contributed by atoms with Gasteiger partial charge in [-0.1, -0.05) is 6.42 Å². The van der Waals surface area contributed by atoms with Crippen LogP contribution in [-0.4, -0.2) is 28.8 Å². The third kappa shape index (κ3) is 2.49. The van der Waals surface area contributed by atoms with E-state index in [1.54, 1.807) is 4.68 Å². The van der Waals surface area contributed by atoms with Crippen LogP contribution in [0.2, 0.25) is 0 Å². The van der Waals surface area contributed by atoms with Gasteiger partial charge in [0.25, 0.3) is 0 Å². The van der Waals surface area contributed by atoms with Crippen LogP contribution in [0.1, 0.15) is 25.0 Å². The Morgan fingerprint density at radius 1 is 1.65 bits per heavy atom. The molecule has 0 saturated heterocycles. The second-order valence-corrected chi connectivity index (χ2v) is 4.82. The summed E-state index contributed by atoms with van der Waals surface area (Å²) in [5.74, 6) is 0.113. The zero-order chi connectivity index (χ0) is 12.3. The lowest BCUT2D eigenvalue weighted by atomic mass is 9.68. The van der Waals surface area contributed by atoms with E-state index in [2.05, 4.69) is 10.4 Å². The summed E-state index contributed by atoms with van der Waals surface area (Å²) in [6.45, 7) is 1.10. The topological polar surface area (TPSA) is 72.9 Å². The fourth-order valence-electron chi connectivity index (χ4n) is 2.22. The maximum atomic E-state index is 12.0. The van der Waals surface area contributed by atoms with Gasteiger partial charge in [-0.25, -0.2) is 0 Å². The first-order valence-corrected chi connectivity index (χ1v) is 6.13. The molecule has 17 heavy (non-hydrogen) atoms. The second-order valence-electron chi connectivity index (χ2n) is 4.82. The molecule has 1 heterocycles. The molecule has 0 radical (unpaired) electrons. The fraction of sp³-hybridized carbons (Fsp3) is 0.667. The average molecular weight is 236 g/mol. The van der Waals surface area contributed by atoms with Gasteiger partial charge in [0.15, 0.2) is 0 Å². The minimum absolute atomic E-state index is 0.113. The molecule has 1 aliphatic carbocycles. The van der Waals surface area contributed by atoms with Gasteiger partial charge in [0, 0.05) is 32.8 Å². The predicted molar refractivity (Wildman–Crippen MR) is 65.3 cm³/mol. The molecular formula is C12H20N4O. The number of carbonyl (C=O) groups excluding carboxylic acids is 1. The minimum Gasteiger partial charge on any atom is -0.355 e. The van der Waals surface area contributed by atoms with Crippen molar-refractivity contribution in [2.45, 2.75) is 25.7 Å². The Bertz CT molecular complexity index is 389. The average Bonchev–Trinajstić information content (AvgIpc) is 2.63. The number of nitrogens with one attached hydrogen (secondary N) is 1. The summed E-state index contributed by atoms with van der Waals surface area (Å²) >= 11 is 0. The highest BCUT2D eigenvalue weighted by Crippen LogP contribution is 2.39. The van der Waals surface area contributed by atoms with Crippen LogP contribution in [0.15, 0.2) is 12.3 Å². The first-order valence-electron chi connectivity index (χ1n) is 6.13. The summed E-state index contributed by atoms with van der Waals surface area (Å²) in [6, 6.07) is 1.97. The Labute approximate surface area is 101 Å². The van der Waals surface area contributed by atoms with Gasteiger partial charge in [-0.05, 0) is 18.9 Å². The molecule has 1 aliphatic rings. The molecule has 2 rings (SSSR count). The summed E-state index contributed by atoms with van der Waals surface area (Å²) in [7, 11) is 1.89. The maximum absolute atomic E-state index is 12.0. The molecule has 1 saturated carbocycles. The van der Waals surface area contributed by atoms with E-state index in [4.69, 9.17) is 5.73 Å². The predicted octanol–water partition coefficient (Wildman–Crippen LogP) is 0.208. The summed E-state index contributed by atoms with van der Waals surface area (Å²) in [5.41, 5.74) is 6.41. The number of nitrogens with two attached hydrogens (primary N) is 1. The van der Waals surface area contributed by atoms with Crippen LogP contribution in [0.3, 0.4) is 0 Å². The van der Waals surface area contributed by atoms with Gasteiger partial charge in [0.2, 0.25) is 5.91 Å². The smallest absolute Gasteiger partial charge is 0.227 e. The molecule has 0 spiro atoms. The maximum Gasteiger partial charge on any atom is 0.227 e. The lowest BCUT2D eigenvalue weighted by Crippen LogP contribution is -2.50. The molecule has 1 aromatic heterocycles. The highest BCUT2D eigenvalue weighted by molar-refractivity contribution is 5.83. The monoisotopic (exact) mass is 236 g/mol. The number of aryl methyl sites for hydroxylation is 1. The molecule has 3 N–H and O–H groups in total. The number of nitrogens with zero attached hydrogens (tertiary/aromatic N) is 2. The van der Waals surface area contributed by atoms with Crippen molar-refractivity contribution >= 4 is 5.91 Å². The molecule has 94 valence electrons. The van der Waals surface area contributed by atoms with Crippen molar-refractivity contribution in [3.05, 3.63) is 18.0 Å². The van der Waals surface area contributed by atoms with E-state index in [0.29, 0.717) is 13.1 Å². The third-order valence-electron chi connectivity index (χ3n) is 3.62. The molecule has 0 atom stereocenters. The van der Waals surface area contributed by atoms with Crippen LogP contribution in [-0.2, 0) is 18.3 Å². The van der Waals surface area contributed by atoms with Gasteiger partial charge in [-0.3, -0.25) is 9.48 Å². The third-order valence-corrected chi connectivity index (χ3v) is 3.62. The van der Waals surface area contributed by atoms with E-state index in [1.807, 2.05) is 19.3 Å². The summed E-state index contributed by atoms with van der Waals surface area (Å²) in [4.78, 5) is 12.0. The van der Waals surface area contributed by atoms with E-state index in [1.165, 1.54) is 0 Å². The van der Waals surface area contributed by atoms with Crippen LogP contribution in [0.25, 0.3) is 0 Å². The van der Waals surface area contributed by atoms with Crippen molar-refractivity contribution in [3.63, 3.8) is 0 Å². The molecule has 1 fully saturated rings. The molecule has 1 aromatic rings. The van der Waals surface area contributed by atoms with Crippen molar-refractivity contribution in [2.75, 3.05) is 13.1 Å². The van der Waals surface area contributed by atoms with Gasteiger partial charge in [0.05, 0.1) is 11.1 Å². The van der Waals surface area contributed by atoms with E-state index in [9.17, 15) is 4.79 Å². The Kier molecular flexibility index (Phi) is 3.47. The standard InChI is InChI=1S/C12H20N4O/c1-16-8-4-10(15-16)3-7-14-11(17)12(9-13)5-2-6-12/h4,8H,2-3,5-7,9,13H2,1H3,(H,14,17). The van der Waals surface area contributed by atoms with Crippen molar-refractivity contribution in [1.29, 1.82) is 0 Å². The van der Waals surface area contributed by atoms with Crippen molar-refractivity contribution in [1.82, 2.24) is 15.1 Å². The van der Waals surface area contributed by atoms with E-state index < -0.39 is 0 Å². The van der Waals surface area contributed by atoms with Crippen LogP contribution < -0.4 is 11.1 Å². The number of aromatic nitrogens is 2. The van der Waals surface area contributed by atoms with Crippen molar-refractivity contribution < 1.29 is 4.79 Å². The molecule has 5 heteroatoms. The summed E-state index contributed by atoms with van der Waals surface area (Å²) in [6.07, 6.45) is 5.65. The number of amides is 1. The Balaban J connectivity index is 1.77. The molecule has 5 nitrogen and oxygen atoms in total. The first-order chi connectivity index (χ1) is 8.16. The SMILES string of the molecule is Cn1ccc(CCNC(=O)C2(CN)CCC2)n1. The summed E-state index contributed by atoms with van der Waals surface area (Å²) < 4.78 is 1.77. The Morgan fingerprint density at radius 3 is 2.88 bits per heavy atom.